The lowest BCUT2D eigenvalue weighted by atomic mass is 9.93. The average Bonchev–Trinajstić information content (AvgIpc) is 2.52. The first-order chi connectivity index (χ1) is 11.8. The summed E-state index contributed by atoms with van der Waals surface area (Å²) >= 11 is 0. The van der Waals surface area contributed by atoms with Crippen molar-refractivity contribution in [2.24, 2.45) is 5.92 Å². The van der Waals surface area contributed by atoms with Crippen LogP contribution in [0.25, 0.3) is 0 Å². The number of carbonyl (C=O) groups excluding carboxylic acids is 2. The molecule has 3 fully saturated rings. The Kier molecular flexibility index (Phi) is 5.53. The molecule has 0 spiro atoms. The fourth-order valence-corrected chi connectivity index (χ4v) is 3.74. The summed E-state index contributed by atoms with van der Waals surface area (Å²) in [5.41, 5.74) is -0.455. The second-order valence-electron chi connectivity index (χ2n) is 8.31. The molecule has 0 bridgehead atoms. The van der Waals surface area contributed by atoms with E-state index in [9.17, 15) is 9.59 Å². The molecule has 3 heterocycles. The van der Waals surface area contributed by atoms with Gasteiger partial charge in [0.15, 0.2) is 0 Å². The zero-order valence-electron chi connectivity index (χ0n) is 15.7. The maximum atomic E-state index is 12.7. The number of carbonyl (C=O) groups is 2. The number of rotatable bonds is 2. The molecule has 1 unspecified atom stereocenters. The Labute approximate surface area is 150 Å². The molecule has 0 aromatic heterocycles. The highest BCUT2D eigenvalue weighted by atomic mass is 16.6. The maximum absolute atomic E-state index is 12.7. The number of piperidine rings is 1. The summed E-state index contributed by atoms with van der Waals surface area (Å²) in [4.78, 5) is 30.9. The van der Waals surface area contributed by atoms with Crippen molar-refractivity contribution in [1.82, 2.24) is 14.7 Å². The van der Waals surface area contributed by atoms with E-state index in [4.69, 9.17) is 9.47 Å². The number of nitrogens with zero attached hydrogens (tertiary/aromatic N) is 3. The Balaban J connectivity index is 1.46. The number of hydrogen-bond donors (Lipinski definition) is 0. The minimum Gasteiger partial charge on any atom is -0.444 e. The van der Waals surface area contributed by atoms with E-state index in [1.165, 1.54) is 0 Å². The van der Waals surface area contributed by atoms with Gasteiger partial charge in [-0.15, -0.1) is 0 Å². The lowest BCUT2D eigenvalue weighted by Crippen LogP contribution is -2.63. The van der Waals surface area contributed by atoms with Crippen LogP contribution in [-0.2, 0) is 14.3 Å². The van der Waals surface area contributed by atoms with Gasteiger partial charge in [-0.25, -0.2) is 4.79 Å². The molecule has 142 valence electrons. The van der Waals surface area contributed by atoms with E-state index in [1.54, 1.807) is 4.90 Å². The summed E-state index contributed by atoms with van der Waals surface area (Å²) in [6, 6.07) is 0.354. The number of morpholine rings is 1. The van der Waals surface area contributed by atoms with Crippen LogP contribution in [0, 0.1) is 5.92 Å². The lowest BCUT2D eigenvalue weighted by Gasteiger charge is -2.48. The first-order valence-corrected chi connectivity index (χ1v) is 9.42. The van der Waals surface area contributed by atoms with E-state index in [-0.39, 0.29) is 17.9 Å². The minimum atomic E-state index is -0.455. The molecule has 0 aromatic carbocycles. The second kappa shape index (κ2) is 7.50. The largest absolute Gasteiger partial charge is 0.444 e. The number of hydrogen-bond acceptors (Lipinski definition) is 5. The van der Waals surface area contributed by atoms with Gasteiger partial charge in [-0.2, -0.15) is 0 Å². The number of ether oxygens (including phenoxy) is 2. The average molecular weight is 353 g/mol. The zero-order chi connectivity index (χ0) is 18.0. The van der Waals surface area contributed by atoms with Crippen LogP contribution in [0.5, 0.6) is 0 Å². The molecule has 0 aromatic rings. The van der Waals surface area contributed by atoms with E-state index >= 15 is 0 Å². The van der Waals surface area contributed by atoms with Crippen LogP contribution < -0.4 is 0 Å². The lowest BCUT2D eigenvalue weighted by molar-refractivity contribution is -0.142. The molecule has 0 saturated carbocycles. The molecule has 0 N–H and O–H groups in total. The normalized spacial score (nSPS) is 26.3. The summed E-state index contributed by atoms with van der Waals surface area (Å²) < 4.78 is 10.7. The Bertz CT molecular complexity index is 493. The van der Waals surface area contributed by atoms with E-state index < -0.39 is 5.60 Å². The number of likely N-dealkylation sites (tertiary alicyclic amines) is 2. The van der Waals surface area contributed by atoms with Gasteiger partial charge in [0.25, 0.3) is 0 Å². The molecule has 0 radical (unpaired) electrons. The van der Waals surface area contributed by atoms with E-state index in [2.05, 4.69) is 4.90 Å². The summed E-state index contributed by atoms with van der Waals surface area (Å²) in [6.07, 6.45) is 1.78. The van der Waals surface area contributed by atoms with E-state index in [0.717, 1.165) is 25.9 Å². The SMILES string of the molecule is CC(C)(C)OC(=O)N1CC(N2CCCC(C(=O)N3CCOCC3)C2)C1. The molecule has 7 nitrogen and oxygen atoms in total. The van der Waals surface area contributed by atoms with Crippen molar-refractivity contribution >= 4 is 12.0 Å². The quantitative estimate of drug-likeness (QED) is 0.746. The van der Waals surface area contributed by atoms with Crippen molar-refractivity contribution < 1.29 is 19.1 Å². The highest BCUT2D eigenvalue weighted by Gasteiger charge is 2.40. The van der Waals surface area contributed by atoms with E-state index in [1.807, 2.05) is 25.7 Å². The standard InChI is InChI=1S/C18H31N3O4/c1-18(2,3)25-17(23)21-12-15(13-21)20-6-4-5-14(11-20)16(22)19-7-9-24-10-8-19/h14-15H,4-13H2,1-3H3. The van der Waals surface area contributed by atoms with Gasteiger partial charge in [0.05, 0.1) is 19.1 Å². The van der Waals surface area contributed by atoms with Crippen LogP contribution in [0.2, 0.25) is 0 Å². The molecule has 3 saturated heterocycles. The van der Waals surface area contributed by atoms with Gasteiger partial charge in [-0.1, -0.05) is 0 Å². The molecular formula is C18H31N3O4. The molecule has 3 aliphatic rings. The van der Waals surface area contributed by atoms with Crippen LogP contribution in [0.3, 0.4) is 0 Å². The molecule has 1 atom stereocenters. The van der Waals surface area contributed by atoms with Gasteiger partial charge in [-0.05, 0) is 40.2 Å². The highest BCUT2D eigenvalue weighted by Crippen LogP contribution is 2.25. The van der Waals surface area contributed by atoms with E-state index in [0.29, 0.717) is 45.4 Å². The Hall–Kier alpha value is -1.34. The van der Waals surface area contributed by atoms with Crippen LogP contribution in [0.4, 0.5) is 4.79 Å². The zero-order valence-corrected chi connectivity index (χ0v) is 15.7. The summed E-state index contributed by atoms with van der Waals surface area (Å²) in [5, 5.41) is 0. The van der Waals surface area contributed by atoms with Crippen molar-refractivity contribution in [1.29, 1.82) is 0 Å². The Morgan fingerprint density at radius 3 is 2.32 bits per heavy atom. The number of amides is 2. The van der Waals surface area contributed by atoms with Crippen molar-refractivity contribution in [2.75, 3.05) is 52.5 Å². The van der Waals surface area contributed by atoms with Crippen LogP contribution >= 0.6 is 0 Å². The summed E-state index contributed by atoms with van der Waals surface area (Å²) in [5.74, 6) is 0.360. The predicted octanol–water partition coefficient (Wildman–Crippen LogP) is 1.18. The van der Waals surface area contributed by atoms with Crippen LogP contribution in [0.15, 0.2) is 0 Å². The monoisotopic (exact) mass is 353 g/mol. The molecule has 0 aliphatic carbocycles. The third kappa shape index (κ3) is 4.64. The third-order valence-electron chi connectivity index (χ3n) is 5.16. The summed E-state index contributed by atoms with van der Waals surface area (Å²) in [6.45, 7) is 11.6. The van der Waals surface area contributed by atoms with Gasteiger partial charge < -0.3 is 19.3 Å². The van der Waals surface area contributed by atoms with Gasteiger partial charge in [0.2, 0.25) is 5.91 Å². The predicted molar refractivity (Wildman–Crippen MR) is 93.3 cm³/mol. The Morgan fingerprint density at radius 1 is 1.00 bits per heavy atom. The Morgan fingerprint density at radius 2 is 1.68 bits per heavy atom. The van der Waals surface area contributed by atoms with Gasteiger partial charge in [0, 0.05) is 38.8 Å². The van der Waals surface area contributed by atoms with Crippen LogP contribution in [0.1, 0.15) is 33.6 Å². The summed E-state index contributed by atoms with van der Waals surface area (Å²) in [7, 11) is 0. The molecular weight excluding hydrogens is 322 g/mol. The van der Waals surface area contributed by atoms with Crippen molar-refractivity contribution in [3.05, 3.63) is 0 Å². The van der Waals surface area contributed by atoms with Crippen molar-refractivity contribution in [2.45, 2.75) is 45.3 Å². The molecule has 25 heavy (non-hydrogen) atoms. The topological polar surface area (TPSA) is 62.3 Å². The van der Waals surface area contributed by atoms with Crippen molar-refractivity contribution in [3.63, 3.8) is 0 Å². The van der Waals surface area contributed by atoms with Gasteiger partial charge in [-0.3, -0.25) is 9.69 Å². The molecule has 3 aliphatic heterocycles. The fourth-order valence-electron chi connectivity index (χ4n) is 3.74. The molecule has 2 amide bonds. The van der Waals surface area contributed by atoms with Gasteiger partial charge >= 0.3 is 6.09 Å². The molecule has 3 rings (SSSR count). The first-order valence-electron chi connectivity index (χ1n) is 9.42. The van der Waals surface area contributed by atoms with Crippen LogP contribution in [-0.4, -0.2) is 90.8 Å². The first kappa shape index (κ1) is 18.5. The van der Waals surface area contributed by atoms with Gasteiger partial charge in [0.1, 0.15) is 5.60 Å². The third-order valence-corrected chi connectivity index (χ3v) is 5.16. The minimum absolute atomic E-state index is 0.0856. The maximum Gasteiger partial charge on any atom is 0.410 e. The second-order valence-corrected chi connectivity index (χ2v) is 8.31. The smallest absolute Gasteiger partial charge is 0.410 e. The highest BCUT2D eigenvalue weighted by molar-refractivity contribution is 5.79. The molecule has 7 heteroatoms. The van der Waals surface area contributed by atoms with Crippen molar-refractivity contribution in [3.8, 4) is 0 Å². The fraction of sp³-hybridized carbons (Fsp3) is 0.889.